The minimum Gasteiger partial charge on any atom is -0.391 e. The Balaban J connectivity index is 2.43. The van der Waals surface area contributed by atoms with Crippen LogP contribution in [0.15, 0.2) is 0 Å². The molecule has 1 fully saturated rings. The summed E-state index contributed by atoms with van der Waals surface area (Å²) in [6, 6.07) is 0. The summed E-state index contributed by atoms with van der Waals surface area (Å²) in [4.78, 5) is 15.1. The average Bonchev–Trinajstić information content (AvgIpc) is 2.46. The molecule has 0 aromatic heterocycles. The molecule has 0 radical (unpaired) electrons. The highest BCUT2D eigenvalue weighted by molar-refractivity contribution is 5.78. The lowest BCUT2D eigenvalue weighted by Gasteiger charge is -2.23. The van der Waals surface area contributed by atoms with Crippen LogP contribution in [0.1, 0.15) is 12.8 Å². The van der Waals surface area contributed by atoms with E-state index < -0.39 is 18.7 Å². The van der Waals surface area contributed by atoms with Gasteiger partial charge in [-0.2, -0.15) is 13.2 Å². The van der Waals surface area contributed by atoms with Crippen molar-refractivity contribution in [1.29, 1.82) is 0 Å². The van der Waals surface area contributed by atoms with E-state index in [0.717, 1.165) is 0 Å². The summed E-state index contributed by atoms with van der Waals surface area (Å²) in [5, 5.41) is 9.42. The fraction of sp³-hybridized carbons (Fsp3) is 0.917. The molecule has 1 N–H and O–H groups in total. The predicted molar refractivity (Wildman–Crippen MR) is 66.2 cm³/mol. The smallest absolute Gasteiger partial charge is 0.391 e. The number of ether oxygens (including phenoxy) is 1. The number of carbonyl (C=O) groups excluding carboxylic acids is 1. The zero-order valence-electron chi connectivity index (χ0n) is 11.5. The van der Waals surface area contributed by atoms with Crippen LogP contribution < -0.4 is 0 Å². The Labute approximate surface area is 116 Å². The fourth-order valence-electron chi connectivity index (χ4n) is 2.20. The second-order valence-corrected chi connectivity index (χ2v) is 4.94. The lowest BCUT2D eigenvalue weighted by atomic mass is 10.2. The molecule has 1 aliphatic heterocycles. The molecule has 0 saturated carbocycles. The van der Waals surface area contributed by atoms with Crippen LogP contribution in [0.5, 0.6) is 0 Å². The number of aliphatic hydroxyl groups is 1. The maximum atomic E-state index is 12.2. The van der Waals surface area contributed by atoms with E-state index in [2.05, 4.69) is 0 Å². The van der Waals surface area contributed by atoms with Crippen LogP contribution in [0.2, 0.25) is 0 Å². The number of aliphatic hydroxyl groups excluding tert-OH is 1. The zero-order chi connectivity index (χ0) is 15.2. The van der Waals surface area contributed by atoms with Gasteiger partial charge in [0.15, 0.2) is 0 Å². The highest BCUT2D eigenvalue weighted by atomic mass is 19.4. The van der Waals surface area contributed by atoms with Gasteiger partial charge in [0.25, 0.3) is 0 Å². The molecule has 118 valence electrons. The molecule has 1 saturated heterocycles. The first-order chi connectivity index (χ1) is 9.31. The Morgan fingerprint density at radius 3 is 2.70 bits per heavy atom. The van der Waals surface area contributed by atoms with Crippen molar-refractivity contribution in [3.05, 3.63) is 0 Å². The predicted octanol–water partition coefficient (Wildman–Crippen LogP) is 0.480. The second kappa shape index (κ2) is 7.80. The molecule has 8 heteroatoms. The van der Waals surface area contributed by atoms with E-state index in [4.69, 9.17) is 4.74 Å². The number of β-amino-alcohol motifs (C(OH)–C–C–N with tert-alkyl or cyclic N) is 1. The first-order valence-corrected chi connectivity index (χ1v) is 6.55. The Kier molecular flexibility index (Phi) is 6.70. The second-order valence-electron chi connectivity index (χ2n) is 4.94. The number of carbonyl (C=O) groups is 1. The highest BCUT2D eigenvalue weighted by Gasteiger charge is 2.32. The third-order valence-corrected chi connectivity index (χ3v) is 3.12. The molecule has 1 unspecified atom stereocenters. The summed E-state index contributed by atoms with van der Waals surface area (Å²) in [5.74, 6) is -0.140. The summed E-state index contributed by atoms with van der Waals surface area (Å²) in [6.07, 6.45) is -6.45. The van der Waals surface area contributed by atoms with Gasteiger partial charge >= 0.3 is 6.18 Å². The molecule has 1 aliphatic rings. The van der Waals surface area contributed by atoms with Gasteiger partial charge in [-0.05, 0) is 6.42 Å². The minimum atomic E-state index is -4.39. The molecular weight excluding hydrogens is 277 g/mol. The quantitative estimate of drug-likeness (QED) is 0.775. The van der Waals surface area contributed by atoms with Gasteiger partial charge in [0.1, 0.15) is 0 Å². The first kappa shape index (κ1) is 17.2. The van der Waals surface area contributed by atoms with E-state index in [0.29, 0.717) is 32.7 Å². The van der Waals surface area contributed by atoms with Gasteiger partial charge in [-0.3, -0.25) is 9.69 Å². The van der Waals surface area contributed by atoms with Crippen LogP contribution in [0.4, 0.5) is 13.2 Å². The molecule has 20 heavy (non-hydrogen) atoms. The Bertz CT molecular complexity index is 313. The standard InChI is InChI=1S/C12H21F3N2O3/c1-20-6-5-17-4-2-3-16(9-11(17)19)8-10(18)7-12(13,14)15/h10,18H,2-9H2,1H3. The molecular formula is C12H21F3N2O3. The molecule has 1 amide bonds. The zero-order valence-corrected chi connectivity index (χ0v) is 11.5. The van der Waals surface area contributed by atoms with Crippen LogP contribution in [0, 0.1) is 0 Å². The number of halogens is 3. The van der Waals surface area contributed by atoms with Crippen molar-refractivity contribution in [1.82, 2.24) is 9.80 Å². The lowest BCUT2D eigenvalue weighted by molar-refractivity contribution is -0.155. The van der Waals surface area contributed by atoms with E-state index in [1.807, 2.05) is 0 Å². The number of hydrogen-bond donors (Lipinski definition) is 1. The van der Waals surface area contributed by atoms with Crippen molar-refractivity contribution < 1.29 is 27.8 Å². The van der Waals surface area contributed by atoms with E-state index >= 15 is 0 Å². The van der Waals surface area contributed by atoms with Gasteiger partial charge in [0.05, 0.1) is 25.7 Å². The van der Waals surface area contributed by atoms with Crippen LogP contribution in [-0.2, 0) is 9.53 Å². The average molecular weight is 298 g/mol. The van der Waals surface area contributed by atoms with E-state index in [1.54, 1.807) is 16.9 Å². The van der Waals surface area contributed by atoms with Gasteiger partial charge in [0, 0.05) is 33.3 Å². The molecule has 0 aromatic rings. The molecule has 1 heterocycles. The molecule has 0 aromatic carbocycles. The molecule has 1 atom stereocenters. The van der Waals surface area contributed by atoms with E-state index in [1.165, 1.54) is 0 Å². The monoisotopic (exact) mass is 298 g/mol. The maximum Gasteiger partial charge on any atom is 0.391 e. The number of methoxy groups -OCH3 is 1. The largest absolute Gasteiger partial charge is 0.391 e. The first-order valence-electron chi connectivity index (χ1n) is 6.55. The molecule has 1 rings (SSSR count). The van der Waals surface area contributed by atoms with Crippen LogP contribution >= 0.6 is 0 Å². The van der Waals surface area contributed by atoms with Gasteiger partial charge in [-0.1, -0.05) is 0 Å². The van der Waals surface area contributed by atoms with Gasteiger partial charge in [-0.15, -0.1) is 0 Å². The lowest BCUT2D eigenvalue weighted by Crippen LogP contribution is -2.41. The number of rotatable bonds is 6. The molecule has 0 bridgehead atoms. The number of amides is 1. The van der Waals surface area contributed by atoms with Crippen molar-refractivity contribution in [3.8, 4) is 0 Å². The maximum absolute atomic E-state index is 12.2. The van der Waals surface area contributed by atoms with Gasteiger partial charge in [0.2, 0.25) is 5.91 Å². The number of alkyl halides is 3. The number of hydrogen-bond acceptors (Lipinski definition) is 4. The minimum absolute atomic E-state index is 0.0403. The van der Waals surface area contributed by atoms with E-state index in [9.17, 15) is 23.1 Å². The van der Waals surface area contributed by atoms with Crippen molar-refractivity contribution in [2.24, 2.45) is 0 Å². The van der Waals surface area contributed by atoms with Crippen LogP contribution in [0.3, 0.4) is 0 Å². The van der Waals surface area contributed by atoms with Crippen molar-refractivity contribution >= 4 is 5.91 Å². The Morgan fingerprint density at radius 1 is 1.40 bits per heavy atom. The van der Waals surface area contributed by atoms with Crippen molar-refractivity contribution in [3.63, 3.8) is 0 Å². The van der Waals surface area contributed by atoms with Gasteiger partial charge < -0.3 is 14.7 Å². The van der Waals surface area contributed by atoms with E-state index in [-0.39, 0.29) is 19.0 Å². The summed E-state index contributed by atoms with van der Waals surface area (Å²) >= 11 is 0. The van der Waals surface area contributed by atoms with Crippen molar-refractivity contribution in [2.45, 2.75) is 25.1 Å². The van der Waals surface area contributed by atoms with Crippen molar-refractivity contribution in [2.75, 3.05) is 46.4 Å². The number of nitrogens with zero attached hydrogens (tertiary/aromatic N) is 2. The Hall–Kier alpha value is -0.860. The topological polar surface area (TPSA) is 53.0 Å². The molecule has 0 aliphatic carbocycles. The highest BCUT2D eigenvalue weighted by Crippen LogP contribution is 2.22. The third-order valence-electron chi connectivity index (χ3n) is 3.12. The summed E-state index contributed by atoms with van der Waals surface area (Å²) in [7, 11) is 1.54. The molecule has 0 spiro atoms. The summed E-state index contributed by atoms with van der Waals surface area (Å²) in [5.41, 5.74) is 0. The van der Waals surface area contributed by atoms with Crippen LogP contribution in [-0.4, -0.2) is 79.5 Å². The molecule has 5 nitrogen and oxygen atoms in total. The van der Waals surface area contributed by atoms with Gasteiger partial charge in [-0.25, -0.2) is 0 Å². The summed E-state index contributed by atoms with van der Waals surface area (Å²) < 4.78 is 41.4. The Morgan fingerprint density at radius 2 is 2.10 bits per heavy atom. The SMILES string of the molecule is COCCN1CCCN(CC(O)CC(F)(F)F)CC1=O. The van der Waals surface area contributed by atoms with Crippen LogP contribution in [0.25, 0.3) is 0 Å². The fourth-order valence-corrected chi connectivity index (χ4v) is 2.20. The third kappa shape index (κ3) is 6.53. The summed E-state index contributed by atoms with van der Waals surface area (Å²) in [6.45, 7) is 1.89. The normalized spacial score (nSPS) is 20.1.